The van der Waals surface area contributed by atoms with Crippen LogP contribution in [0, 0.1) is 0 Å². The van der Waals surface area contributed by atoms with E-state index in [0.29, 0.717) is 0 Å². The lowest BCUT2D eigenvalue weighted by Gasteiger charge is -2.11. The normalized spacial score (nSPS) is 12.6. The fraction of sp³-hybridized carbons (Fsp3) is 0.333. The molecule has 4 heteroatoms. The highest BCUT2D eigenvalue weighted by atomic mass is 15.3. The number of nitrogens with zero attached hydrogens (tertiary/aromatic N) is 3. The van der Waals surface area contributed by atoms with Gasteiger partial charge in [-0.1, -0.05) is 6.07 Å². The first-order chi connectivity index (χ1) is 7.77. The van der Waals surface area contributed by atoms with Gasteiger partial charge in [-0.05, 0) is 30.5 Å². The number of hydrogen-bond acceptors (Lipinski definition) is 3. The van der Waals surface area contributed by atoms with Crippen LogP contribution < -0.4 is 5.73 Å². The first-order valence-corrected chi connectivity index (χ1v) is 5.40. The molecule has 1 atom stereocenters. The second-order valence-corrected chi connectivity index (χ2v) is 3.89. The Hall–Kier alpha value is -1.68. The smallest absolute Gasteiger partial charge is 0.0548 e. The molecule has 2 heterocycles. The van der Waals surface area contributed by atoms with E-state index < -0.39 is 0 Å². The van der Waals surface area contributed by atoms with Crippen LogP contribution in [0.3, 0.4) is 0 Å². The van der Waals surface area contributed by atoms with Crippen LogP contribution in [0.2, 0.25) is 0 Å². The minimum Gasteiger partial charge on any atom is -0.323 e. The second kappa shape index (κ2) is 4.90. The molecule has 4 nitrogen and oxygen atoms in total. The van der Waals surface area contributed by atoms with Crippen molar-refractivity contribution in [3.05, 3.63) is 48.0 Å². The summed E-state index contributed by atoms with van der Waals surface area (Å²) in [7, 11) is 1.92. The fourth-order valence-electron chi connectivity index (χ4n) is 1.76. The summed E-state index contributed by atoms with van der Waals surface area (Å²) in [6, 6.07) is 6.02. The largest absolute Gasteiger partial charge is 0.323 e. The maximum absolute atomic E-state index is 6.11. The van der Waals surface area contributed by atoms with Crippen molar-refractivity contribution in [1.29, 1.82) is 0 Å². The highest BCUT2D eigenvalue weighted by Crippen LogP contribution is 2.15. The summed E-state index contributed by atoms with van der Waals surface area (Å²) in [5, 5.41) is 4.12. The van der Waals surface area contributed by atoms with Gasteiger partial charge in [0.15, 0.2) is 0 Å². The van der Waals surface area contributed by atoms with Crippen LogP contribution in [0.5, 0.6) is 0 Å². The summed E-state index contributed by atoms with van der Waals surface area (Å²) in [6.07, 6.45) is 7.30. The van der Waals surface area contributed by atoms with Gasteiger partial charge in [-0.2, -0.15) is 5.10 Å². The highest BCUT2D eigenvalue weighted by molar-refractivity contribution is 5.11. The molecule has 0 spiro atoms. The summed E-state index contributed by atoms with van der Waals surface area (Å²) in [6.45, 7) is 0. The Kier molecular flexibility index (Phi) is 3.31. The monoisotopic (exact) mass is 216 g/mol. The van der Waals surface area contributed by atoms with E-state index in [-0.39, 0.29) is 6.04 Å². The molecule has 0 aliphatic heterocycles. The minimum atomic E-state index is 0.0349. The molecule has 0 aliphatic carbocycles. The molecule has 0 saturated heterocycles. The molecule has 2 aromatic heterocycles. The van der Waals surface area contributed by atoms with Crippen molar-refractivity contribution in [2.24, 2.45) is 12.8 Å². The van der Waals surface area contributed by atoms with Gasteiger partial charge in [-0.3, -0.25) is 9.67 Å². The van der Waals surface area contributed by atoms with Crippen molar-refractivity contribution >= 4 is 0 Å². The number of aromatic nitrogens is 3. The Morgan fingerprint density at radius 2 is 2.25 bits per heavy atom. The molecule has 1 unspecified atom stereocenters. The molecule has 0 bridgehead atoms. The molecular weight excluding hydrogens is 200 g/mol. The molecule has 0 aromatic carbocycles. The third-order valence-electron chi connectivity index (χ3n) is 2.71. The van der Waals surface area contributed by atoms with Gasteiger partial charge in [-0.15, -0.1) is 0 Å². The molecular formula is C12H16N4. The Bertz CT molecular complexity index is 435. The predicted octanol–water partition coefficient (Wildman–Crippen LogP) is 1.45. The molecule has 84 valence electrons. The maximum Gasteiger partial charge on any atom is 0.0548 e. The molecule has 0 amide bonds. The lowest BCUT2D eigenvalue weighted by atomic mass is 10.1. The summed E-state index contributed by atoms with van der Waals surface area (Å²) in [5.41, 5.74) is 8.40. The Morgan fingerprint density at radius 1 is 1.38 bits per heavy atom. The van der Waals surface area contributed by atoms with E-state index in [1.807, 2.05) is 30.1 Å². The van der Waals surface area contributed by atoms with Gasteiger partial charge in [0.2, 0.25) is 0 Å². The third-order valence-corrected chi connectivity index (χ3v) is 2.71. The van der Waals surface area contributed by atoms with Gasteiger partial charge in [0.1, 0.15) is 0 Å². The lowest BCUT2D eigenvalue weighted by Crippen LogP contribution is -2.15. The highest BCUT2D eigenvalue weighted by Gasteiger charge is 2.09. The van der Waals surface area contributed by atoms with E-state index in [9.17, 15) is 0 Å². The summed E-state index contributed by atoms with van der Waals surface area (Å²) in [4.78, 5) is 4.08. The van der Waals surface area contributed by atoms with Crippen molar-refractivity contribution in [3.8, 4) is 0 Å². The number of hydrogen-bond donors (Lipinski definition) is 1. The van der Waals surface area contributed by atoms with E-state index in [0.717, 1.165) is 18.5 Å². The Morgan fingerprint density at radius 3 is 2.88 bits per heavy atom. The van der Waals surface area contributed by atoms with E-state index in [1.54, 1.807) is 12.4 Å². The van der Waals surface area contributed by atoms with Crippen molar-refractivity contribution in [1.82, 2.24) is 14.8 Å². The van der Waals surface area contributed by atoms with E-state index in [4.69, 9.17) is 5.73 Å². The molecule has 0 saturated carbocycles. The first-order valence-electron chi connectivity index (χ1n) is 5.40. The average Bonchev–Trinajstić information content (AvgIpc) is 2.74. The maximum atomic E-state index is 6.11. The van der Waals surface area contributed by atoms with Crippen LogP contribution in [0.15, 0.2) is 36.8 Å². The standard InChI is InChI=1S/C12H16N4/c1-16-12(6-8-15-16)11(13)5-4-10-3-2-7-14-9-10/h2-3,6-9,11H,4-5,13H2,1H3. The van der Waals surface area contributed by atoms with Gasteiger partial charge >= 0.3 is 0 Å². The number of pyridine rings is 1. The molecule has 0 aliphatic rings. The Balaban J connectivity index is 1.94. The van der Waals surface area contributed by atoms with Gasteiger partial charge in [0.05, 0.1) is 5.69 Å². The van der Waals surface area contributed by atoms with Crippen molar-refractivity contribution in [2.75, 3.05) is 0 Å². The molecule has 0 radical (unpaired) electrons. The van der Waals surface area contributed by atoms with Crippen LogP contribution >= 0.6 is 0 Å². The zero-order valence-electron chi connectivity index (χ0n) is 9.37. The molecule has 16 heavy (non-hydrogen) atoms. The van der Waals surface area contributed by atoms with Crippen LogP contribution in [0.1, 0.15) is 23.7 Å². The summed E-state index contributed by atoms with van der Waals surface area (Å²) in [5.74, 6) is 0. The van der Waals surface area contributed by atoms with Gasteiger partial charge in [0, 0.05) is 31.7 Å². The van der Waals surface area contributed by atoms with Gasteiger partial charge in [-0.25, -0.2) is 0 Å². The van der Waals surface area contributed by atoms with E-state index in [2.05, 4.69) is 16.1 Å². The van der Waals surface area contributed by atoms with Crippen LogP contribution in [0.4, 0.5) is 0 Å². The SMILES string of the molecule is Cn1nccc1C(N)CCc1cccnc1. The van der Waals surface area contributed by atoms with E-state index >= 15 is 0 Å². The van der Waals surface area contributed by atoms with Gasteiger partial charge < -0.3 is 5.73 Å². The molecule has 2 N–H and O–H groups in total. The Labute approximate surface area is 95.1 Å². The zero-order valence-corrected chi connectivity index (χ0v) is 9.37. The van der Waals surface area contributed by atoms with E-state index in [1.165, 1.54) is 5.56 Å². The number of aryl methyl sites for hydroxylation is 2. The van der Waals surface area contributed by atoms with Crippen LogP contribution in [-0.4, -0.2) is 14.8 Å². The van der Waals surface area contributed by atoms with Crippen molar-refractivity contribution in [2.45, 2.75) is 18.9 Å². The van der Waals surface area contributed by atoms with Crippen molar-refractivity contribution < 1.29 is 0 Å². The topological polar surface area (TPSA) is 56.7 Å². The summed E-state index contributed by atoms with van der Waals surface area (Å²) < 4.78 is 1.83. The lowest BCUT2D eigenvalue weighted by molar-refractivity contribution is 0.581. The second-order valence-electron chi connectivity index (χ2n) is 3.89. The molecule has 0 fully saturated rings. The minimum absolute atomic E-state index is 0.0349. The zero-order chi connectivity index (χ0) is 11.4. The number of rotatable bonds is 4. The fourth-order valence-corrected chi connectivity index (χ4v) is 1.76. The summed E-state index contributed by atoms with van der Waals surface area (Å²) >= 11 is 0. The number of nitrogens with two attached hydrogens (primary N) is 1. The molecule has 2 aromatic rings. The quantitative estimate of drug-likeness (QED) is 0.841. The van der Waals surface area contributed by atoms with Crippen LogP contribution in [-0.2, 0) is 13.5 Å². The third kappa shape index (κ3) is 2.46. The first kappa shape index (κ1) is 10.8. The van der Waals surface area contributed by atoms with Crippen molar-refractivity contribution in [3.63, 3.8) is 0 Å². The van der Waals surface area contributed by atoms with Gasteiger partial charge in [0.25, 0.3) is 0 Å². The average molecular weight is 216 g/mol. The van der Waals surface area contributed by atoms with Crippen LogP contribution in [0.25, 0.3) is 0 Å². The molecule has 2 rings (SSSR count). The predicted molar refractivity (Wildman–Crippen MR) is 62.7 cm³/mol.